The summed E-state index contributed by atoms with van der Waals surface area (Å²) in [6.45, 7) is 2.11. The Balaban J connectivity index is 1.32. The summed E-state index contributed by atoms with van der Waals surface area (Å²) < 4.78 is 1.85. The summed E-state index contributed by atoms with van der Waals surface area (Å²) in [5.41, 5.74) is 2.38. The van der Waals surface area contributed by atoms with E-state index in [1.165, 1.54) is 10.9 Å². The smallest absolute Gasteiger partial charge is 0.317 e. The second-order valence-electron chi connectivity index (χ2n) is 6.46. The number of carbonyl (C=O) groups is 1. The van der Waals surface area contributed by atoms with Gasteiger partial charge in [0.25, 0.3) is 0 Å². The fourth-order valence-corrected chi connectivity index (χ4v) is 3.55. The zero-order valence-electron chi connectivity index (χ0n) is 14.1. The van der Waals surface area contributed by atoms with Gasteiger partial charge < -0.3 is 15.2 Å². The number of hydrogen-bond donors (Lipinski definition) is 2. The average molecular weight is 338 g/mol. The highest BCUT2D eigenvalue weighted by Crippen LogP contribution is 2.20. The van der Waals surface area contributed by atoms with Gasteiger partial charge in [0.05, 0.1) is 6.04 Å². The molecule has 0 aliphatic carbocycles. The first-order valence-electron chi connectivity index (χ1n) is 8.73. The van der Waals surface area contributed by atoms with Crippen LogP contribution in [0.3, 0.4) is 0 Å². The van der Waals surface area contributed by atoms with Crippen molar-refractivity contribution in [2.24, 2.45) is 0 Å². The van der Waals surface area contributed by atoms with Crippen LogP contribution in [0.5, 0.6) is 0 Å². The van der Waals surface area contributed by atoms with Crippen molar-refractivity contribution in [2.45, 2.75) is 25.3 Å². The minimum absolute atomic E-state index is 0.00561. The number of benzene rings is 1. The highest BCUT2D eigenvalue weighted by molar-refractivity contribution is 5.83. The van der Waals surface area contributed by atoms with Gasteiger partial charge in [0.15, 0.2) is 0 Å². The van der Waals surface area contributed by atoms with E-state index < -0.39 is 0 Å². The maximum atomic E-state index is 12.5. The van der Waals surface area contributed by atoms with E-state index in [1.807, 2.05) is 21.8 Å². The molecule has 1 aliphatic heterocycles. The Kier molecular flexibility index (Phi) is 4.37. The molecule has 4 rings (SSSR count). The number of amides is 2. The highest BCUT2D eigenvalue weighted by atomic mass is 16.2. The van der Waals surface area contributed by atoms with Gasteiger partial charge in [0.2, 0.25) is 0 Å². The molecule has 1 saturated heterocycles. The van der Waals surface area contributed by atoms with Crippen LogP contribution in [0.2, 0.25) is 0 Å². The lowest BCUT2D eigenvalue weighted by Crippen LogP contribution is -2.46. The quantitative estimate of drug-likeness (QED) is 0.766. The average Bonchev–Trinajstić information content (AvgIpc) is 3.34. The summed E-state index contributed by atoms with van der Waals surface area (Å²) >= 11 is 0. The van der Waals surface area contributed by atoms with E-state index in [0.29, 0.717) is 13.1 Å². The van der Waals surface area contributed by atoms with Crippen molar-refractivity contribution < 1.29 is 4.79 Å². The van der Waals surface area contributed by atoms with Crippen LogP contribution >= 0.6 is 0 Å². The molecule has 1 aliphatic rings. The van der Waals surface area contributed by atoms with E-state index in [1.54, 1.807) is 12.7 Å². The van der Waals surface area contributed by atoms with E-state index in [-0.39, 0.29) is 12.1 Å². The van der Waals surface area contributed by atoms with Crippen molar-refractivity contribution in [2.75, 3.05) is 19.6 Å². The van der Waals surface area contributed by atoms with Gasteiger partial charge in [0.1, 0.15) is 12.7 Å². The monoisotopic (exact) mass is 338 g/mol. The highest BCUT2D eigenvalue weighted by Gasteiger charge is 2.24. The van der Waals surface area contributed by atoms with Crippen molar-refractivity contribution in [1.82, 2.24) is 30.0 Å². The molecule has 25 heavy (non-hydrogen) atoms. The third kappa shape index (κ3) is 3.35. The summed E-state index contributed by atoms with van der Waals surface area (Å²) in [4.78, 5) is 21.6. The molecule has 7 heteroatoms. The summed E-state index contributed by atoms with van der Waals surface area (Å²) in [7, 11) is 0. The Bertz CT molecular complexity index is 840. The molecule has 3 aromatic rings. The standard InChI is InChI=1S/C18H22N6O/c25-18(23-10-2-4-15(11-23)24-13-19-12-22-24)21-8-6-14-3-1-5-17-16(14)7-9-20-17/h1,3,5,7,9,12-13,15,20H,2,4,6,8,10-11H2,(H,21,25)/t15-/m0/s1. The Morgan fingerprint density at radius 2 is 2.32 bits per heavy atom. The normalized spacial score (nSPS) is 17.8. The molecule has 0 bridgehead atoms. The summed E-state index contributed by atoms with van der Waals surface area (Å²) in [6, 6.07) is 8.53. The number of rotatable bonds is 4. The first kappa shape index (κ1) is 15.7. The van der Waals surface area contributed by atoms with Crippen molar-refractivity contribution in [3.05, 3.63) is 48.7 Å². The minimum atomic E-state index is 0.00561. The van der Waals surface area contributed by atoms with Gasteiger partial charge in [0, 0.05) is 36.7 Å². The van der Waals surface area contributed by atoms with Crippen LogP contribution in [-0.2, 0) is 6.42 Å². The molecule has 0 saturated carbocycles. The lowest BCUT2D eigenvalue weighted by molar-refractivity contribution is 0.163. The Hall–Kier alpha value is -2.83. The maximum absolute atomic E-state index is 12.5. The van der Waals surface area contributed by atoms with E-state index in [4.69, 9.17) is 0 Å². The lowest BCUT2D eigenvalue weighted by atomic mass is 10.1. The molecule has 130 valence electrons. The van der Waals surface area contributed by atoms with Crippen molar-refractivity contribution in [3.63, 3.8) is 0 Å². The predicted octanol–water partition coefficient (Wildman–Crippen LogP) is 2.35. The molecule has 0 spiro atoms. The molecule has 1 fully saturated rings. The number of hydrogen-bond acceptors (Lipinski definition) is 3. The molecule has 3 heterocycles. The molecule has 7 nitrogen and oxygen atoms in total. The van der Waals surface area contributed by atoms with Gasteiger partial charge in [-0.05, 0) is 37.0 Å². The van der Waals surface area contributed by atoms with Crippen LogP contribution in [-0.4, -0.2) is 50.3 Å². The van der Waals surface area contributed by atoms with Crippen LogP contribution in [0, 0.1) is 0 Å². The number of nitrogens with one attached hydrogen (secondary N) is 2. The minimum Gasteiger partial charge on any atom is -0.361 e. The molecule has 1 aromatic carbocycles. The van der Waals surface area contributed by atoms with Crippen molar-refractivity contribution in [3.8, 4) is 0 Å². The van der Waals surface area contributed by atoms with Gasteiger partial charge >= 0.3 is 6.03 Å². The number of nitrogens with zero attached hydrogens (tertiary/aromatic N) is 4. The number of aromatic nitrogens is 4. The fourth-order valence-electron chi connectivity index (χ4n) is 3.55. The Morgan fingerprint density at radius 3 is 3.20 bits per heavy atom. The first-order valence-corrected chi connectivity index (χ1v) is 8.73. The van der Waals surface area contributed by atoms with Gasteiger partial charge in [-0.15, -0.1) is 0 Å². The van der Waals surface area contributed by atoms with Crippen LogP contribution in [0.15, 0.2) is 43.1 Å². The zero-order chi connectivity index (χ0) is 17.1. The molecule has 2 aromatic heterocycles. The topological polar surface area (TPSA) is 78.8 Å². The summed E-state index contributed by atoms with van der Waals surface area (Å²) in [6.07, 6.45) is 8.06. The number of piperidine rings is 1. The Morgan fingerprint density at radius 1 is 1.36 bits per heavy atom. The van der Waals surface area contributed by atoms with Gasteiger partial charge in [-0.2, -0.15) is 5.10 Å². The van der Waals surface area contributed by atoms with Crippen LogP contribution < -0.4 is 5.32 Å². The molecule has 1 atom stereocenters. The summed E-state index contributed by atoms with van der Waals surface area (Å²) in [5, 5.41) is 8.48. The Labute approximate surface area is 146 Å². The maximum Gasteiger partial charge on any atom is 0.317 e. The van der Waals surface area contributed by atoms with E-state index in [0.717, 1.165) is 31.3 Å². The first-order chi connectivity index (χ1) is 12.3. The number of urea groups is 1. The number of fused-ring (bicyclic) bond motifs is 1. The number of likely N-dealkylation sites (tertiary alicyclic amines) is 1. The molecular weight excluding hydrogens is 316 g/mol. The second-order valence-corrected chi connectivity index (χ2v) is 6.46. The fraction of sp³-hybridized carbons (Fsp3) is 0.389. The predicted molar refractivity (Wildman–Crippen MR) is 95.3 cm³/mol. The van der Waals surface area contributed by atoms with Crippen LogP contribution in [0.25, 0.3) is 10.9 Å². The molecular formula is C18H22N6O. The van der Waals surface area contributed by atoms with Crippen LogP contribution in [0.1, 0.15) is 24.4 Å². The van der Waals surface area contributed by atoms with Crippen LogP contribution in [0.4, 0.5) is 4.79 Å². The number of carbonyl (C=O) groups excluding carboxylic acids is 1. The SMILES string of the molecule is O=C(NCCc1cccc2[nH]ccc12)N1CCC[C@H](n2cncn2)C1. The van der Waals surface area contributed by atoms with Crippen molar-refractivity contribution in [1.29, 1.82) is 0 Å². The molecule has 0 unspecified atom stereocenters. The third-order valence-electron chi connectivity index (χ3n) is 4.85. The second kappa shape index (κ2) is 6.96. The number of aromatic amines is 1. The molecule has 2 amide bonds. The molecule has 2 N–H and O–H groups in total. The largest absolute Gasteiger partial charge is 0.361 e. The van der Waals surface area contributed by atoms with E-state index in [2.05, 4.69) is 38.6 Å². The van der Waals surface area contributed by atoms with Gasteiger partial charge in [-0.3, -0.25) is 0 Å². The zero-order valence-corrected chi connectivity index (χ0v) is 14.1. The third-order valence-corrected chi connectivity index (χ3v) is 4.85. The number of H-pyrrole nitrogens is 1. The lowest BCUT2D eigenvalue weighted by Gasteiger charge is -2.32. The molecule has 0 radical (unpaired) electrons. The van der Waals surface area contributed by atoms with E-state index in [9.17, 15) is 4.79 Å². The van der Waals surface area contributed by atoms with Gasteiger partial charge in [-0.25, -0.2) is 14.5 Å². The summed E-state index contributed by atoms with van der Waals surface area (Å²) in [5.74, 6) is 0. The van der Waals surface area contributed by atoms with E-state index >= 15 is 0 Å². The van der Waals surface area contributed by atoms with Crippen molar-refractivity contribution >= 4 is 16.9 Å². The van der Waals surface area contributed by atoms with Gasteiger partial charge in [-0.1, -0.05) is 12.1 Å².